The maximum Gasteiger partial charge on any atom is 0.245 e. The van der Waals surface area contributed by atoms with E-state index in [9.17, 15) is 24.0 Å². The first-order valence-electron chi connectivity index (χ1n) is 20.8. The molecule has 57 heavy (non-hydrogen) atoms. The second-order valence-corrected chi connectivity index (χ2v) is 16.7. The first kappa shape index (κ1) is 49.6. The molecule has 14 nitrogen and oxygen atoms in total. The number of hydrogen-bond donors (Lipinski definition) is 4. The van der Waals surface area contributed by atoms with Gasteiger partial charge in [-0.25, -0.2) is 0 Å². The molecule has 14 heteroatoms. The van der Waals surface area contributed by atoms with Crippen LogP contribution >= 0.6 is 0 Å². The number of carbonyl (C=O) groups excluding carboxylic acids is 5. The summed E-state index contributed by atoms with van der Waals surface area (Å²) in [6.07, 6.45) is 1.17. The number of likely N-dealkylation sites (N-methyl/N-ethyl adjacent to an activating group) is 3. The Bertz CT molecular complexity index is 1410. The minimum Gasteiger partial charge on any atom is -0.379 e. The number of likely N-dealkylation sites (tertiary alicyclic amines) is 1. The molecule has 0 unspecified atom stereocenters. The van der Waals surface area contributed by atoms with Gasteiger partial charge in [0.05, 0.1) is 42.7 Å². The highest BCUT2D eigenvalue weighted by Crippen LogP contribution is 2.30. The van der Waals surface area contributed by atoms with E-state index in [1.807, 2.05) is 90.9 Å². The van der Waals surface area contributed by atoms with Crippen LogP contribution in [0.3, 0.4) is 0 Å². The van der Waals surface area contributed by atoms with E-state index in [2.05, 4.69) is 21.3 Å². The smallest absolute Gasteiger partial charge is 0.245 e. The SMILES string of the molecule is CC[C@H](C)[C@@H]([C@@H](CC(=O)N1CCC[C@H]1[C@H](OC)[C@@H](C)C(=O)N[C@@H](Cc1ccccc1)C(=O)NCCN(C)C)OC)N(C)C(=O)[C@@H](NC(=O)[C@@H](NC)C(C)C)C(C)C. The molecule has 1 saturated heterocycles. The third kappa shape index (κ3) is 14.3. The van der Waals surface area contributed by atoms with Crippen LogP contribution in [0, 0.1) is 23.7 Å². The van der Waals surface area contributed by atoms with Crippen molar-refractivity contribution >= 4 is 29.5 Å². The average Bonchev–Trinajstić information content (AvgIpc) is 3.66. The number of rotatable bonds is 24. The standard InChI is InChI=1S/C43H75N7O7/c1-14-29(6)38(49(11)43(55)37(28(4)5)47-42(54)36(44-8)27(2)3)34(56-12)26-35(51)50-23-18-21-33(50)39(57-13)30(7)40(52)46-32(25-31-19-16-15-17-20-31)41(53)45-22-24-48(9)10/h15-17,19-20,27-30,32-34,36-39,44H,14,18,21-26H2,1-13H3,(H,45,53)(H,46,52)(H,47,54)/t29-,30+,32-,33-,34+,36-,37-,38-,39+/m0/s1. The molecule has 0 radical (unpaired) electrons. The molecule has 1 heterocycles. The molecule has 2 rings (SSSR count). The third-order valence-corrected chi connectivity index (χ3v) is 11.5. The Kier molecular flexibility index (Phi) is 21.2. The summed E-state index contributed by atoms with van der Waals surface area (Å²) in [4.78, 5) is 74.4. The lowest BCUT2D eigenvalue weighted by Gasteiger charge is -2.41. The maximum atomic E-state index is 14.3. The summed E-state index contributed by atoms with van der Waals surface area (Å²) in [6, 6.07) is 6.69. The number of amides is 5. The zero-order chi connectivity index (χ0) is 43.0. The van der Waals surface area contributed by atoms with Gasteiger partial charge in [0.2, 0.25) is 29.5 Å². The molecule has 0 aliphatic carbocycles. The fraction of sp³-hybridized carbons (Fsp3) is 0.744. The summed E-state index contributed by atoms with van der Waals surface area (Å²) in [6.45, 7) is 15.2. The Morgan fingerprint density at radius 3 is 2.02 bits per heavy atom. The Labute approximate surface area is 342 Å². The number of nitrogens with zero attached hydrogens (tertiary/aromatic N) is 3. The number of benzene rings is 1. The van der Waals surface area contributed by atoms with E-state index in [0.29, 0.717) is 32.5 Å². The van der Waals surface area contributed by atoms with Crippen molar-refractivity contribution in [1.82, 2.24) is 36.0 Å². The number of methoxy groups -OCH3 is 2. The van der Waals surface area contributed by atoms with Crippen LogP contribution in [0.4, 0.5) is 0 Å². The Morgan fingerprint density at radius 2 is 1.49 bits per heavy atom. The predicted molar refractivity (Wildman–Crippen MR) is 224 cm³/mol. The molecule has 1 aromatic carbocycles. The van der Waals surface area contributed by atoms with Crippen LogP contribution in [-0.4, -0.2) is 149 Å². The van der Waals surface area contributed by atoms with Crippen LogP contribution in [0.15, 0.2) is 30.3 Å². The van der Waals surface area contributed by atoms with E-state index in [1.165, 1.54) is 0 Å². The van der Waals surface area contributed by atoms with E-state index in [-0.39, 0.29) is 59.8 Å². The van der Waals surface area contributed by atoms with Crippen LogP contribution in [0.1, 0.15) is 79.7 Å². The van der Waals surface area contributed by atoms with Crippen molar-refractivity contribution in [1.29, 1.82) is 0 Å². The predicted octanol–water partition coefficient (Wildman–Crippen LogP) is 2.70. The van der Waals surface area contributed by atoms with E-state index >= 15 is 0 Å². The molecule has 0 saturated carbocycles. The lowest BCUT2D eigenvalue weighted by Crippen LogP contribution is -2.59. The summed E-state index contributed by atoms with van der Waals surface area (Å²) >= 11 is 0. The van der Waals surface area contributed by atoms with Gasteiger partial charge in [-0.3, -0.25) is 24.0 Å². The average molecular weight is 802 g/mol. The van der Waals surface area contributed by atoms with Crippen molar-refractivity contribution in [2.24, 2.45) is 23.7 Å². The Morgan fingerprint density at radius 1 is 0.860 bits per heavy atom. The van der Waals surface area contributed by atoms with Crippen molar-refractivity contribution in [2.75, 3.05) is 62.0 Å². The van der Waals surface area contributed by atoms with Gasteiger partial charge >= 0.3 is 0 Å². The minimum atomic E-state index is -0.799. The lowest BCUT2D eigenvalue weighted by molar-refractivity contribution is -0.148. The molecular formula is C43H75N7O7. The molecule has 0 spiro atoms. The zero-order valence-corrected chi connectivity index (χ0v) is 37.1. The van der Waals surface area contributed by atoms with E-state index < -0.39 is 42.3 Å². The van der Waals surface area contributed by atoms with Crippen LogP contribution < -0.4 is 21.3 Å². The molecular weight excluding hydrogens is 727 g/mol. The van der Waals surface area contributed by atoms with Crippen molar-refractivity contribution in [2.45, 2.75) is 123 Å². The largest absolute Gasteiger partial charge is 0.379 e. The molecule has 1 fully saturated rings. The number of carbonyl (C=O) groups is 5. The van der Waals surface area contributed by atoms with Crippen LogP contribution in [0.5, 0.6) is 0 Å². The summed E-state index contributed by atoms with van der Waals surface area (Å²) in [5.74, 6) is -2.11. The van der Waals surface area contributed by atoms with Gasteiger partial charge in [0.25, 0.3) is 0 Å². The highest BCUT2D eigenvalue weighted by molar-refractivity contribution is 5.90. The van der Waals surface area contributed by atoms with E-state index in [4.69, 9.17) is 9.47 Å². The van der Waals surface area contributed by atoms with Crippen molar-refractivity contribution in [3.63, 3.8) is 0 Å². The zero-order valence-electron chi connectivity index (χ0n) is 37.1. The molecule has 5 amide bonds. The highest BCUT2D eigenvalue weighted by Gasteiger charge is 2.43. The summed E-state index contributed by atoms with van der Waals surface area (Å²) in [7, 11) is 10.4. The van der Waals surface area contributed by atoms with Gasteiger partial charge in [-0.2, -0.15) is 0 Å². The van der Waals surface area contributed by atoms with Crippen molar-refractivity contribution in [3.8, 4) is 0 Å². The molecule has 1 aliphatic rings. The van der Waals surface area contributed by atoms with Crippen molar-refractivity contribution in [3.05, 3.63) is 35.9 Å². The number of ether oxygens (including phenoxy) is 2. The molecule has 1 aromatic rings. The summed E-state index contributed by atoms with van der Waals surface area (Å²) in [5.41, 5.74) is 0.919. The number of nitrogens with one attached hydrogen (secondary N) is 4. The summed E-state index contributed by atoms with van der Waals surface area (Å²) < 4.78 is 12.0. The van der Waals surface area contributed by atoms with Gasteiger partial charge in [0, 0.05) is 47.3 Å². The number of hydrogen-bond acceptors (Lipinski definition) is 9. The normalized spacial score (nSPS) is 18.7. The third-order valence-electron chi connectivity index (χ3n) is 11.5. The van der Waals surface area contributed by atoms with Gasteiger partial charge < -0.3 is 45.4 Å². The Balaban J connectivity index is 2.29. The molecule has 1 aliphatic heterocycles. The van der Waals surface area contributed by atoms with Crippen LogP contribution in [0.25, 0.3) is 0 Å². The second-order valence-electron chi connectivity index (χ2n) is 16.7. The molecule has 0 aromatic heterocycles. The first-order valence-corrected chi connectivity index (χ1v) is 20.8. The minimum absolute atomic E-state index is 0.0107. The van der Waals surface area contributed by atoms with Crippen LogP contribution in [0.2, 0.25) is 0 Å². The highest BCUT2D eigenvalue weighted by atomic mass is 16.5. The molecule has 9 atom stereocenters. The fourth-order valence-electron chi connectivity index (χ4n) is 7.94. The van der Waals surface area contributed by atoms with Gasteiger partial charge in [0.1, 0.15) is 12.1 Å². The van der Waals surface area contributed by atoms with Crippen molar-refractivity contribution < 1.29 is 33.4 Å². The van der Waals surface area contributed by atoms with Gasteiger partial charge in [-0.05, 0) is 57.3 Å². The molecule has 324 valence electrons. The fourth-order valence-corrected chi connectivity index (χ4v) is 7.94. The van der Waals surface area contributed by atoms with Gasteiger partial charge in [-0.15, -0.1) is 0 Å². The molecule has 0 bridgehead atoms. The molecule has 4 N–H and O–H groups in total. The van der Waals surface area contributed by atoms with Gasteiger partial charge in [0.15, 0.2) is 0 Å². The monoisotopic (exact) mass is 802 g/mol. The lowest BCUT2D eigenvalue weighted by atomic mass is 9.89. The maximum absolute atomic E-state index is 14.3. The van der Waals surface area contributed by atoms with E-state index in [0.717, 1.165) is 18.4 Å². The van der Waals surface area contributed by atoms with Crippen LogP contribution in [-0.2, 0) is 39.9 Å². The second kappa shape index (κ2) is 24.4. The Hall–Kier alpha value is -3.59. The summed E-state index contributed by atoms with van der Waals surface area (Å²) in [5, 5.41) is 12.0. The van der Waals surface area contributed by atoms with Gasteiger partial charge in [-0.1, -0.05) is 85.2 Å². The quantitative estimate of drug-likeness (QED) is 0.123. The topological polar surface area (TPSA) is 162 Å². The van der Waals surface area contributed by atoms with E-state index in [1.54, 1.807) is 45.0 Å². The first-order chi connectivity index (χ1) is 26.9.